The Morgan fingerprint density at radius 3 is 3.00 bits per heavy atom. The minimum Gasteiger partial charge on any atom is -0.394 e. The average molecular weight is 214 g/mol. The van der Waals surface area contributed by atoms with Crippen molar-refractivity contribution in [2.75, 3.05) is 24.7 Å². The molecule has 0 radical (unpaired) electrons. The fraction of sp³-hybridized carbons (Fsp3) is 0.444. The van der Waals surface area contributed by atoms with Crippen LogP contribution < -0.4 is 5.32 Å². The van der Waals surface area contributed by atoms with E-state index >= 15 is 0 Å². The third kappa shape index (κ3) is 3.53. The van der Waals surface area contributed by atoms with Crippen molar-refractivity contribution in [3.8, 4) is 0 Å². The van der Waals surface area contributed by atoms with Gasteiger partial charge in [0, 0.05) is 12.8 Å². The normalized spacial score (nSPS) is 12.5. The maximum absolute atomic E-state index is 9.13. The summed E-state index contributed by atoms with van der Waals surface area (Å²) in [5, 5.41) is 21.5. The number of nitrogens with zero attached hydrogens (tertiary/aromatic N) is 1. The van der Waals surface area contributed by atoms with Crippen molar-refractivity contribution in [1.82, 2.24) is 4.98 Å². The van der Waals surface area contributed by atoms with Gasteiger partial charge in [-0.05, 0) is 12.1 Å². The molecule has 0 aromatic carbocycles. The smallest absolute Gasteiger partial charge is 0.126 e. The monoisotopic (exact) mass is 214 g/mol. The molecule has 1 rings (SSSR count). The summed E-state index contributed by atoms with van der Waals surface area (Å²) >= 11 is 1.42. The number of nitrogens with one attached hydrogen (secondary N) is 1. The summed E-state index contributed by atoms with van der Waals surface area (Å²) in [4.78, 5) is 4.26. The van der Waals surface area contributed by atoms with Crippen molar-refractivity contribution in [2.45, 2.75) is 11.1 Å². The lowest BCUT2D eigenvalue weighted by atomic mass is 10.4. The molecule has 5 heteroatoms. The molecule has 0 bridgehead atoms. The molecule has 1 aromatic rings. The van der Waals surface area contributed by atoms with Gasteiger partial charge in [0.15, 0.2) is 0 Å². The van der Waals surface area contributed by atoms with Gasteiger partial charge in [-0.25, -0.2) is 4.98 Å². The molecular formula is C9H14N2O2S. The zero-order valence-corrected chi connectivity index (χ0v) is 8.79. The highest BCUT2D eigenvalue weighted by molar-refractivity contribution is 7.99. The fourth-order valence-corrected chi connectivity index (χ4v) is 1.67. The van der Waals surface area contributed by atoms with E-state index in [9.17, 15) is 0 Å². The van der Waals surface area contributed by atoms with Crippen molar-refractivity contribution >= 4 is 17.6 Å². The third-order valence-corrected chi connectivity index (χ3v) is 2.69. The van der Waals surface area contributed by atoms with Crippen molar-refractivity contribution in [2.24, 2.45) is 0 Å². The summed E-state index contributed by atoms with van der Waals surface area (Å²) in [5.41, 5.74) is 0. The predicted octanol–water partition coefficient (Wildman–Crippen LogP) is 0.569. The van der Waals surface area contributed by atoms with E-state index in [0.29, 0.717) is 5.75 Å². The van der Waals surface area contributed by atoms with E-state index in [-0.39, 0.29) is 6.61 Å². The van der Waals surface area contributed by atoms with Gasteiger partial charge in [-0.3, -0.25) is 0 Å². The van der Waals surface area contributed by atoms with Crippen molar-refractivity contribution < 1.29 is 10.2 Å². The van der Waals surface area contributed by atoms with Gasteiger partial charge in [-0.1, -0.05) is 6.07 Å². The summed E-state index contributed by atoms with van der Waals surface area (Å²) in [5.74, 6) is 1.25. The van der Waals surface area contributed by atoms with Crippen LogP contribution in [-0.4, -0.2) is 40.7 Å². The van der Waals surface area contributed by atoms with E-state index in [1.807, 2.05) is 18.2 Å². The second kappa shape index (κ2) is 5.85. The Balaban J connectivity index is 2.50. The van der Waals surface area contributed by atoms with Gasteiger partial charge in [0.1, 0.15) is 5.82 Å². The van der Waals surface area contributed by atoms with Gasteiger partial charge < -0.3 is 15.5 Å². The number of thioether (sulfide) groups is 1. The lowest BCUT2D eigenvalue weighted by molar-refractivity contribution is 0.113. The maximum atomic E-state index is 9.13. The van der Waals surface area contributed by atoms with Crippen LogP contribution in [0.2, 0.25) is 0 Å². The molecular weight excluding hydrogens is 200 g/mol. The molecule has 0 saturated carbocycles. The van der Waals surface area contributed by atoms with Gasteiger partial charge in [0.25, 0.3) is 0 Å². The van der Waals surface area contributed by atoms with Crippen LogP contribution in [0, 0.1) is 0 Å². The number of aliphatic hydroxyl groups excluding tert-OH is 2. The molecule has 0 aliphatic heterocycles. The molecule has 1 atom stereocenters. The molecule has 14 heavy (non-hydrogen) atoms. The highest BCUT2D eigenvalue weighted by Gasteiger charge is 2.03. The van der Waals surface area contributed by atoms with Crippen molar-refractivity contribution in [3.63, 3.8) is 0 Å². The molecule has 0 aliphatic rings. The van der Waals surface area contributed by atoms with Crippen LogP contribution in [0.15, 0.2) is 23.2 Å². The first-order valence-corrected chi connectivity index (χ1v) is 5.31. The van der Waals surface area contributed by atoms with Crippen LogP contribution in [-0.2, 0) is 0 Å². The van der Waals surface area contributed by atoms with Gasteiger partial charge in [-0.15, -0.1) is 11.8 Å². The van der Waals surface area contributed by atoms with Crippen LogP contribution in [0.3, 0.4) is 0 Å². The molecule has 1 heterocycles. The topological polar surface area (TPSA) is 65.4 Å². The third-order valence-electron chi connectivity index (χ3n) is 1.61. The second-order valence-electron chi connectivity index (χ2n) is 2.76. The SMILES string of the molecule is CNc1cccc(SCC(O)CO)n1. The zero-order chi connectivity index (χ0) is 10.4. The summed E-state index contributed by atoms with van der Waals surface area (Å²) in [6.45, 7) is -0.210. The first kappa shape index (κ1) is 11.3. The van der Waals surface area contributed by atoms with E-state index in [1.54, 1.807) is 7.05 Å². The zero-order valence-electron chi connectivity index (χ0n) is 7.97. The van der Waals surface area contributed by atoms with E-state index in [0.717, 1.165) is 10.8 Å². The highest BCUT2D eigenvalue weighted by Crippen LogP contribution is 2.17. The molecule has 4 nitrogen and oxygen atoms in total. The summed E-state index contributed by atoms with van der Waals surface area (Å²) in [6, 6.07) is 5.63. The van der Waals surface area contributed by atoms with Crippen molar-refractivity contribution in [1.29, 1.82) is 0 Å². The first-order valence-electron chi connectivity index (χ1n) is 4.32. The number of aliphatic hydroxyl groups is 2. The predicted molar refractivity (Wildman–Crippen MR) is 57.6 cm³/mol. The van der Waals surface area contributed by atoms with Crippen LogP contribution in [0.25, 0.3) is 0 Å². The summed E-state index contributed by atoms with van der Waals surface area (Å²) < 4.78 is 0. The Labute approximate surface area is 87.4 Å². The molecule has 1 aromatic heterocycles. The maximum Gasteiger partial charge on any atom is 0.126 e. The van der Waals surface area contributed by atoms with Gasteiger partial charge in [-0.2, -0.15) is 0 Å². The van der Waals surface area contributed by atoms with E-state index in [4.69, 9.17) is 10.2 Å². The molecule has 0 saturated heterocycles. The minimum absolute atomic E-state index is 0.210. The number of rotatable bonds is 5. The Hall–Kier alpha value is -0.780. The molecule has 0 spiro atoms. The molecule has 0 aliphatic carbocycles. The van der Waals surface area contributed by atoms with Crippen LogP contribution in [0.1, 0.15) is 0 Å². The Bertz CT molecular complexity index is 283. The summed E-state index contributed by atoms with van der Waals surface area (Å²) in [7, 11) is 1.80. The quantitative estimate of drug-likeness (QED) is 0.625. The number of pyridine rings is 1. The summed E-state index contributed by atoms with van der Waals surface area (Å²) in [6.07, 6.45) is -0.681. The van der Waals surface area contributed by atoms with Gasteiger partial charge in [0.2, 0.25) is 0 Å². The lowest BCUT2D eigenvalue weighted by Gasteiger charge is -2.06. The highest BCUT2D eigenvalue weighted by atomic mass is 32.2. The van der Waals surface area contributed by atoms with E-state index in [1.165, 1.54) is 11.8 Å². The standard InChI is InChI=1S/C9H14N2O2S/c1-10-8-3-2-4-9(11-8)14-6-7(13)5-12/h2-4,7,12-13H,5-6H2,1H3,(H,10,11). The minimum atomic E-state index is -0.681. The number of hydrogen-bond acceptors (Lipinski definition) is 5. The molecule has 0 amide bonds. The largest absolute Gasteiger partial charge is 0.394 e. The van der Waals surface area contributed by atoms with Crippen LogP contribution in [0.4, 0.5) is 5.82 Å². The molecule has 3 N–H and O–H groups in total. The Morgan fingerprint density at radius 2 is 2.36 bits per heavy atom. The number of aromatic nitrogens is 1. The van der Waals surface area contributed by atoms with E-state index in [2.05, 4.69) is 10.3 Å². The lowest BCUT2D eigenvalue weighted by Crippen LogP contribution is -2.14. The van der Waals surface area contributed by atoms with Crippen LogP contribution >= 0.6 is 11.8 Å². The second-order valence-corrected chi connectivity index (χ2v) is 3.80. The van der Waals surface area contributed by atoms with Gasteiger partial charge >= 0.3 is 0 Å². The number of anilines is 1. The van der Waals surface area contributed by atoms with Crippen LogP contribution in [0.5, 0.6) is 0 Å². The van der Waals surface area contributed by atoms with Crippen molar-refractivity contribution in [3.05, 3.63) is 18.2 Å². The molecule has 1 unspecified atom stereocenters. The van der Waals surface area contributed by atoms with E-state index < -0.39 is 6.10 Å². The fourth-order valence-electron chi connectivity index (χ4n) is 0.869. The number of hydrogen-bond donors (Lipinski definition) is 3. The average Bonchev–Trinajstić information content (AvgIpc) is 2.26. The Kier molecular flexibility index (Phi) is 4.72. The molecule has 78 valence electrons. The molecule has 0 fully saturated rings. The first-order chi connectivity index (χ1) is 6.76. The van der Waals surface area contributed by atoms with Gasteiger partial charge in [0.05, 0.1) is 17.7 Å². The Morgan fingerprint density at radius 1 is 1.57 bits per heavy atom.